The van der Waals surface area contributed by atoms with Crippen LogP contribution in [0.5, 0.6) is 5.75 Å². The van der Waals surface area contributed by atoms with Crippen LogP contribution in [0.2, 0.25) is 0 Å². The molecule has 1 aromatic carbocycles. The van der Waals surface area contributed by atoms with Crippen molar-refractivity contribution in [3.8, 4) is 5.75 Å². The number of rotatable bonds is 4. The van der Waals surface area contributed by atoms with Gasteiger partial charge < -0.3 is 10.1 Å². The van der Waals surface area contributed by atoms with Crippen LogP contribution in [0.15, 0.2) is 36.4 Å². The standard InChI is InChI=1S/C19H18N2O4S/c1-2-12-7-8-16(26-12)14(22)11-21-17(23)19(20-18(21)24)9-10-25-15-6-4-3-5-13(15)19/h3-8H,2,9-11H2,1H3,(H,20,24)/t19-/m1/s1. The van der Waals surface area contributed by atoms with Crippen LogP contribution >= 0.6 is 11.3 Å². The zero-order chi connectivity index (χ0) is 18.3. The highest BCUT2D eigenvalue weighted by Gasteiger charge is 2.55. The second kappa shape index (κ2) is 6.25. The number of benzene rings is 1. The fourth-order valence-corrected chi connectivity index (χ4v) is 4.33. The fourth-order valence-electron chi connectivity index (χ4n) is 3.45. The number of hydrogen-bond donors (Lipinski definition) is 1. The van der Waals surface area contributed by atoms with Crippen LogP contribution in [0.3, 0.4) is 0 Å². The first-order valence-corrected chi connectivity index (χ1v) is 9.35. The normalized spacial score (nSPS) is 21.5. The third-order valence-corrected chi connectivity index (χ3v) is 6.11. The Morgan fingerprint density at radius 2 is 2.08 bits per heavy atom. The lowest BCUT2D eigenvalue weighted by Gasteiger charge is -2.33. The minimum Gasteiger partial charge on any atom is -0.493 e. The van der Waals surface area contributed by atoms with E-state index >= 15 is 0 Å². The van der Waals surface area contributed by atoms with Gasteiger partial charge in [0.25, 0.3) is 5.91 Å². The van der Waals surface area contributed by atoms with Crippen LogP contribution in [0.25, 0.3) is 0 Å². The maximum atomic E-state index is 13.1. The monoisotopic (exact) mass is 370 g/mol. The summed E-state index contributed by atoms with van der Waals surface area (Å²) in [6.45, 7) is 2.10. The Morgan fingerprint density at radius 1 is 1.27 bits per heavy atom. The molecule has 134 valence electrons. The highest BCUT2D eigenvalue weighted by atomic mass is 32.1. The van der Waals surface area contributed by atoms with Gasteiger partial charge in [0.1, 0.15) is 5.75 Å². The molecular formula is C19H18N2O4S. The average Bonchev–Trinajstić information content (AvgIpc) is 3.22. The number of para-hydroxylation sites is 1. The summed E-state index contributed by atoms with van der Waals surface area (Å²) in [5.41, 5.74) is -0.500. The molecule has 1 spiro atoms. The molecule has 0 unspecified atom stereocenters. The SMILES string of the molecule is CCc1ccc(C(=O)CN2C(=O)N[C@@]3(CCOc4ccccc43)C2=O)s1. The Morgan fingerprint density at radius 3 is 2.85 bits per heavy atom. The summed E-state index contributed by atoms with van der Waals surface area (Å²) < 4.78 is 5.61. The Bertz CT molecular complexity index is 906. The molecule has 4 rings (SSSR count). The topological polar surface area (TPSA) is 75.7 Å². The molecule has 0 bridgehead atoms. The average molecular weight is 370 g/mol. The molecule has 1 saturated heterocycles. The lowest BCUT2D eigenvalue weighted by atomic mass is 9.84. The smallest absolute Gasteiger partial charge is 0.325 e. The number of fused-ring (bicyclic) bond motifs is 2. The van der Waals surface area contributed by atoms with Gasteiger partial charge in [0.05, 0.1) is 18.0 Å². The van der Waals surface area contributed by atoms with Crippen molar-refractivity contribution in [2.45, 2.75) is 25.3 Å². The summed E-state index contributed by atoms with van der Waals surface area (Å²) in [7, 11) is 0. The molecule has 2 aromatic rings. The summed E-state index contributed by atoms with van der Waals surface area (Å²) in [5.74, 6) is -0.0270. The third-order valence-electron chi connectivity index (χ3n) is 4.84. The molecule has 0 radical (unpaired) electrons. The number of ether oxygens (including phenoxy) is 1. The van der Waals surface area contributed by atoms with E-state index in [9.17, 15) is 14.4 Å². The van der Waals surface area contributed by atoms with Gasteiger partial charge in [-0.15, -0.1) is 11.3 Å². The Hall–Kier alpha value is -2.67. The number of Topliss-reactive ketones (excluding diaryl/α,β-unsaturated/α-hetero) is 1. The summed E-state index contributed by atoms with van der Waals surface area (Å²) in [5, 5.41) is 2.81. The second-order valence-electron chi connectivity index (χ2n) is 6.36. The van der Waals surface area contributed by atoms with Crippen LogP contribution in [0.1, 0.15) is 33.5 Å². The number of aryl methyl sites for hydroxylation is 1. The molecule has 2 aliphatic heterocycles. The van der Waals surface area contributed by atoms with Crippen LogP contribution in [0, 0.1) is 0 Å². The minimum absolute atomic E-state index is 0.226. The predicted molar refractivity (Wildman–Crippen MR) is 96.5 cm³/mol. The van der Waals surface area contributed by atoms with Gasteiger partial charge in [0, 0.05) is 16.9 Å². The van der Waals surface area contributed by atoms with Crippen molar-refractivity contribution in [2.75, 3.05) is 13.2 Å². The van der Waals surface area contributed by atoms with Crippen molar-refractivity contribution in [3.05, 3.63) is 51.7 Å². The lowest BCUT2D eigenvalue weighted by Crippen LogP contribution is -2.47. The van der Waals surface area contributed by atoms with E-state index in [-0.39, 0.29) is 18.2 Å². The lowest BCUT2D eigenvalue weighted by molar-refractivity contribution is -0.132. The second-order valence-corrected chi connectivity index (χ2v) is 7.53. The van der Waals surface area contributed by atoms with Gasteiger partial charge in [-0.25, -0.2) is 4.79 Å². The Kier molecular flexibility index (Phi) is 4.03. The number of carbonyl (C=O) groups excluding carboxylic acids is 3. The number of imide groups is 1. The maximum Gasteiger partial charge on any atom is 0.325 e. The highest BCUT2D eigenvalue weighted by Crippen LogP contribution is 2.41. The molecule has 1 atom stereocenters. The molecule has 6 nitrogen and oxygen atoms in total. The van der Waals surface area contributed by atoms with Crippen molar-refractivity contribution < 1.29 is 19.1 Å². The molecule has 3 heterocycles. The zero-order valence-corrected chi connectivity index (χ0v) is 15.1. The minimum atomic E-state index is -1.14. The van der Waals surface area contributed by atoms with Gasteiger partial charge in [-0.3, -0.25) is 14.5 Å². The zero-order valence-electron chi connectivity index (χ0n) is 14.3. The third kappa shape index (κ3) is 2.50. The quantitative estimate of drug-likeness (QED) is 0.663. The van der Waals surface area contributed by atoms with E-state index in [2.05, 4.69) is 5.32 Å². The number of carbonyl (C=O) groups is 3. The van der Waals surface area contributed by atoms with E-state index in [4.69, 9.17) is 4.74 Å². The highest BCUT2D eigenvalue weighted by molar-refractivity contribution is 7.14. The van der Waals surface area contributed by atoms with Gasteiger partial charge >= 0.3 is 6.03 Å². The van der Waals surface area contributed by atoms with Gasteiger partial charge in [-0.05, 0) is 24.6 Å². The molecule has 1 fully saturated rings. The van der Waals surface area contributed by atoms with Crippen LogP contribution in [-0.2, 0) is 16.8 Å². The first-order valence-electron chi connectivity index (χ1n) is 8.53. The predicted octanol–water partition coefficient (Wildman–Crippen LogP) is 2.72. The molecule has 26 heavy (non-hydrogen) atoms. The van der Waals surface area contributed by atoms with E-state index in [1.54, 1.807) is 24.3 Å². The van der Waals surface area contributed by atoms with Crippen molar-refractivity contribution in [3.63, 3.8) is 0 Å². The molecule has 0 aliphatic carbocycles. The Balaban J connectivity index is 1.61. The number of urea groups is 1. The Labute approximate surface area is 154 Å². The molecule has 2 aliphatic rings. The van der Waals surface area contributed by atoms with Gasteiger partial charge in [0.2, 0.25) is 0 Å². The number of hydrogen-bond acceptors (Lipinski definition) is 5. The van der Waals surface area contributed by atoms with E-state index in [1.165, 1.54) is 11.3 Å². The van der Waals surface area contributed by atoms with Crippen LogP contribution in [0.4, 0.5) is 4.79 Å². The van der Waals surface area contributed by atoms with E-state index in [1.807, 2.05) is 19.1 Å². The number of nitrogens with one attached hydrogen (secondary N) is 1. The fraction of sp³-hybridized carbons (Fsp3) is 0.316. The number of nitrogens with zero attached hydrogens (tertiary/aromatic N) is 1. The van der Waals surface area contributed by atoms with E-state index in [0.717, 1.165) is 16.2 Å². The molecule has 7 heteroatoms. The first-order chi connectivity index (χ1) is 12.5. The summed E-state index contributed by atoms with van der Waals surface area (Å²) in [4.78, 5) is 40.9. The number of thiophene rings is 1. The van der Waals surface area contributed by atoms with E-state index in [0.29, 0.717) is 29.2 Å². The molecular weight excluding hydrogens is 352 g/mol. The van der Waals surface area contributed by atoms with E-state index < -0.39 is 11.6 Å². The van der Waals surface area contributed by atoms with Crippen LogP contribution < -0.4 is 10.1 Å². The van der Waals surface area contributed by atoms with Crippen molar-refractivity contribution >= 4 is 29.1 Å². The van der Waals surface area contributed by atoms with Crippen molar-refractivity contribution in [1.29, 1.82) is 0 Å². The van der Waals surface area contributed by atoms with Gasteiger partial charge in [-0.1, -0.05) is 25.1 Å². The number of amides is 3. The summed E-state index contributed by atoms with van der Waals surface area (Å²) in [6, 6.07) is 10.3. The molecule has 3 amide bonds. The van der Waals surface area contributed by atoms with Crippen molar-refractivity contribution in [2.24, 2.45) is 0 Å². The maximum absolute atomic E-state index is 13.1. The molecule has 1 N–H and O–H groups in total. The molecule has 1 aromatic heterocycles. The number of ketones is 1. The molecule has 0 saturated carbocycles. The van der Waals surface area contributed by atoms with Gasteiger partial charge in [-0.2, -0.15) is 0 Å². The summed E-state index contributed by atoms with van der Waals surface area (Å²) >= 11 is 1.40. The van der Waals surface area contributed by atoms with Gasteiger partial charge in [0.15, 0.2) is 11.3 Å². The van der Waals surface area contributed by atoms with Crippen LogP contribution in [-0.4, -0.2) is 35.8 Å². The summed E-state index contributed by atoms with van der Waals surface area (Å²) in [6.07, 6.45) is 1.19. The largest absolute Gasteiger partial charge is 0.493 e. The first kappa shape index (κ1) is 16.8. The van der Waals surface area contributed by atoms with Crippen molar-refractivity contribution in [1.82, 2.24) is 10.2 Å².